The van der Waals surface area contributed by atoms with Crippen LogP contribution in [-0.2, 0) is 0 Å². The lowest BCUT2D eigenvalue weighted by Crippen LogP contribution is -2.09. The lowest BCUT2D eigenvalue weighted by molar-refractivity contribution is 0.198. The fraction of sp³-hybridized carbons (Fsp3) is 1.00. The molecule has 38 valence electrons. The summed E-state index contributed by atoms with van der Waals surface area (Å²) in [4.78, 5) is 0. The summed E-state index contributed by atoms with van der Waals surface area (Å²) in [6, 6.07) is 0.151. The Morgan fingerprint density at radius 2 is 2.17 bits per heavy atom. The number of hydrogen-bond acceptors (Lipinski definition) is 2. The summed E-state index contributed by atoms with van der Waals surface area (Å²) in [5.41, 5.74) is 0. The van der Waals surface area contributed by atoms with Gasteiger partial charge in [-0.05, 0) is 11.8 Å². The van der Waals surface area contributed by atoms with E-state index in [2.05, 4.69) is 0 Å². The molecular weight excluding hydrogens is 125 g/mol. The second-order valence-electron chi connectivity index (χ2n) is 0.724. The molecule has 0 radical (unpaired) electrons. The molecule has 0 aliphatic heterocycles. The molecule has 0 atom stereocenters. The quantitative estimate of drug-likeness (QED) is 0.256. The zero-order valence-corrected chi connectivity index (χ0v) is 4.58. The van der Waals surface area contributed by atoms with E-state index < -0.39 is 0 Å². The molecule has 6 heavy (non-hydrogen) atoms. The highest BCUT2D eigenvalue weighted by molar-refractivity contribution is 6.22. The highest BCUT2D eigenvalue weighted by atomic mass is 35.5. The van der Waals surface area contributed by atoms with Crippen molar-refractivity contribution in [3.8, 4) is 0 Å². The van der Waals surface area contributed by atoms with Crippen molar-refractivity contribution in [2.45, 2.75) is 0 Å². The van der Waals surface area contributed by atoms with E-state index in [0.29, 0.717) is 0 Å². The first kappa shape index (κ1) is 6.50. The van der Waals surface area contributed by atoms with Crippen molar-refractivity contribution in [1.29, 1.82) is 0 Å². The van der Waals surface area contributed by atoms with Gasteiger partial charge in [-0.3, -0.25) is 0 Å². The number of hydrogen-bond donors (Lipinski definition) is 1. The van der Waals surface area contributed by atoms with Crippen molar-refractivity contribution in [2.75, 3.05) is 12.7 Å². The number of aliphatic hydroxyl groups excluding tert-OH is 1. The number of aliphatic hydroxyl groups is 1. The molecule has 0 aromatic rings. The average molecular weight is 130 g/mol. The van der Waals surface area contributed by atoms with E-state index in [0.717, 1.165) is 4.42 Å². The smallest absolute Gasteiger partial charge is 0.111 e. The van der Waals surface area contributed by atoms with E-state index in [4.69, 9.17) is 28.5 Å². The zero-order chi connectivity index (χ0) is 4.99. The van der Waals surface area contributed by atoms with Gasteiger partial charge < -0.3 is 5.11 Å². The normalized spacial score (nSPS) is 10.0. The molecule has 0 saturated heterocycles. The van der Waals surface area contributed by atoms with E-state index in [9.17, 15) is 0 Å². The van der Waals surface area contributed by atoms with Crippen molar-refractivity contribution < 1.29 is 5.11 Å². The number of halogens is 2. The SMILES string of the molecule is OCN(Cl)CCl. The first-order valence-corrected chi connectivity index (χ1v) is 2.26. The van der Waals surface area contributed by atoms with Gasteiger partial charge in [0.1, 0.15) is 6.73 Å². The topological polar surface area (TPSA) is 23.5 Å². The van der Waals surface area contributed by atoms with Gasteiger partial charge in [0.25, 0.3) is 0 Å². The standard InChI is InChI=1S/C2H5Cl2NO/c3-1-5(4)2-6/h6H,1-2H2. The maximum absolute atomic E-state index is 8.04. The maximum Gasteiger partial charge on any atom is 0.111 e. The summed E-state index contributed by atoms with van der Waals surface area (Å²) in [5.74, 6) is 0. The van der Waals surface area contributed by atoms with Crippen LogP contribution < -0.4 is 0 Å². The Kier molecular flexibility index (Phi) is 3.99. The predicted molar refractivity (Wildman–Crippen MR) is 25.5 cm³/mol. The Bertz CT molecular complexity index is 30.7. The third kappa shape index (κ3) is 2.72. The number of nitrogens with zero attached hydrogens (tertiary/aromatic N) is 1. The van der Waals surface area contributed by atoms with Crippen LogP contribution in [0.2, 0.25) is 0 Å². The Labute approximate surface area is 46.4 Å². The third-order valence-electron chi connectivity index (χ3n) is 0.283. The maximum atomic E-state index is 8.04. The monoisotopic (exact) mass is 129 g/mol. The van der Waals surface area contributed by atoms with Crippen LogP contribution in [0.1, 0.15) is 0 Å². The molecule has 2 nitrogen and oxygen atoms in total. The Hall–Kier alpha value is 0.500. The second-order valence-corrected chi connectivity index (χ2v) is 1.44. The van der Waals surface area contributed by atoms with Gasteiger partial charge in [0, 0.05) is 0 Å². The first-order chi connectivity index (χ1) is 2.81. The lowest BCUT2D eigenvalue weighted by Gasteiger charge is -2.00. The molecule has 0 heterocycles. The molecule has 0 aromatic heterocycles. The van der Waals surface area contributed by atoms with Gasteiger partial charge in [-0.1, -0.05) is 0 Å². The van der Waals surface area contributed by atoms with Gasteiger partial charge in [0.05, 0.1) is 6.00 Å². The minimum atomic E-state index is -0.203. The Balaban J connectivity index is 2.75. The summed E-state index contributed by atoms with van der Waals surface area (Å²) in [7, 11) is 0. The molecule has 0 bridgehead atoms. The van der Waals surface area contributed by atoms with E-state index >= 15 is 0 Å². The van der Waals surface area contributed by atoms with E-state index in [1.807, 2.05) is 0 Å². The van der Waals surface area contributed by atoms with Crippen LogP contribution in [0.25, 0.3) is 0 Å². The predicted octanol–water partition coefficient (Wildman–Crippen LogP) is 0.588. The minimum Gasteiger partial charge on any atom is -0.380 e. The van der Waals surface area contributed by atoms with Crippen LogP contribution in [0.3, 0.4) is 0 Å². The third-order valence-corrected chi connectivity index (χ3v) is 0.920. The number of rotatable bonds is 2. The molecule has 0 unspecified atom stereocenters. The van der Waals surface area contributed by atoms with Gasteiger partial charge in [-0.15, -0.1) is 11.6 Å². The fourth-order valence-electron chi connectivity index (χ4n) is 0.0378. The van der Waals surface area contributed by atoms with Crippen molar-refractivity contribution >= 4 is 23.4 Å². The second kappa shape index (κ2) is 3.68. The van der Waals surface area contributed by atoms with Crippen molar-refractivity contribution in [1.82, 2.24) is 4.42 Å². The van der Waals surface area contributed by atoms with Crippen molar-refractivity contribution in [3.05, 3.63) is 0 Å². The molecule has 0 saturated carbocycles. The lowest BCUT2D eigenvalue weighted by atomic mass is 11.2. The molecule has 0 aromatic carbocycles. The molecule has 0 aliphatic carbocycles. The first-order valence-electron chi connectivity index (χ1n) is 1.38. The van der Waals surface area contributed by atoms with Crippen LogP contribution in [0.5, 0.6) is 0 Å². The van der Waals surface area contributed by atoms with Crippen LogP contribution >= 0.6 is 23.4 Å². The average Bonchev–Trinajstić information content (AvgIpc) is 1.65. The van der Waals surface area contributed by atoms with E-state index in [1.165, 1.54) is 0 Å². The molecule has 1 N–H and O–H groups in total. The molecule has 0 spiro atoms. The molecule has 4 heteroatoms. The Morgan fingerprint density at radius 3 is 2.17 bits per heavy atom. The summed E-state index contributed by atoms with van der Waals surface area (Å²) in [6.07, 6.45) is 0. The molecule has 0 aliphatic rings. The molecule has 0 rings (SSSR count). The minimum absolute atomic E-state index is 0.151. The van der Waals surface area contributed by atoms with Gasteiger partial charge in [0.2, 0.25) is 0 Å². The summed E-state index contributed by atoms with van der Waals surface area (Å²) in [5, 5.41) is 8.04. The van der Waals surface area contributed by atoms with Gasteiger partial charge in [0.15, 0.2) is 0 Å². The van der Waals surface area contributed by atoms with Gasteiger partial charge in [-0.2, -0.15) is 4.42 Å². The highest BCUT2D eigenvalue weighted by Gasteiger charge is 1.88. The van der Waals surface area contributed by atoms with E-state index in [1.54, 1.807) is 0 Å². The summed E-state index contributed by atoms with van der Waals surface area (Å²) >= 11 is 10.2. The summed E-state index contributed by atoms with van der Waals surface area (Å²) < 4.78 is 1.04. The van der Waals surface area contributed by atoms with Crippen LogP contribution in [0, 0.1) is 0 Å². The van der Waals surface area contributed by atoms with E-state index in [-0.39, 0.29) is 12.7 Å². The zero-order valence-electron chi connectivity index (χ0n) is 3.06. The fourth-order valence-corrected chi connectivity index (χ4v) is 0.113. The summed E-state index contributed by atoms with van der Waals surface area (Å²) in [6.45, 7) is -0.203. The molecule has 0 fully saturated rings. The highest BCUT2D eigenvalue weighted by Crippen LogP contribution is 1.90. The van der Waals surface area contributed by atoms with Crippen LogP contribution in [-0.4, -0.2) is 22.3 Å². The Morgan fingerprint density at radius 1 is 1.67 bits per heavy atom. The van der Waals surface area contributed by atoms with Crippen LogP contribution in [0.4, 0.5) is 0 Å². The van der Waals surface area contributed by atoms with Gasteiger partial charge in [-0.25, -0.2) is 0 Å². The van der Waals surface area contributed by atoms with Crippen molar-refractivity contribution in [3.63, 3.8) is 0 Å². The molecular formula is C2H5Cl2NO. The largest absolute Gasteiger partial charge is 0.380 e. The van der Waals surface area contributed by atoms with Crippen molar-refractivity contribution in [2.24, 2.45) is 0 Å². The van der Waals surface area contributed by atoms with Gasteiger partial charge >= 0.3 is 0 Å². The molecule has 0 amide bonds. The number of alkyl halides is 1. The van der Waals surface area contributed by atoms with Crippen LogP contribution in [0.15, 0.2) is 0 Å².